The molecule has 0 aromatic carbocycles. The summed E-state index contributed by atoms with van der Waals surface area (Å²) in [6.45, 7) is 4.89. The smallest absolute Gasteiger partial charge is 0.103 e. The van der Waals surface area contributed by atoms with Gasteiger partial charge in [-0.1, -0.05) is 51.3 Å². The lowest BCUT2D eigenvalue weighted by atomic mass is 9.58. The molecular weight excluding hydrogens is 895 g/mol. The highest BCUT2D eigenvalue weighted by Gasteiger charge is 2.80. The molecule has 1 N–H and O–H groups in total. The van der Waals surface area contributed by atoms with Crippen LogP contribution < -0.4 is 0 Å². The molecule has 234 valence electrons. The van der Waals surface area contributed by atoms with Gasteiger partial charge in [-0.2, -0.15) is 0 Å². The van der Waals surface area contributed by atoms with Gasteiger partial charge in [-0.05, 0) is 59.0 Å². The van der Waals surface area contributed by atoms with Crippen molar-refractivity contribution >= 4 is 172 Å². The van der Waals surface area contributed by atoms with Gasteiger partial charge in [-0.15, -0.1) is 80.4 Å². The lowest BCUT2D eigenvalue weighted by Gasteiger charge is -2.51. The van der Waals surface area contributed by atoms with Crippen LogP contribution in [0.3, 0.4) is 0 Å². The Morgan fingerprint density at radius 2 is 1.48 bits per heavy atom. The Bertz CT molecular complexity index is 894. The van der Waals surface area contributed by atoms with E-state index in [9.17, 15) is 5.11 Å². The standard InChI is InChI=1S/C15H45O4P21/c1-8-4-5-9-11(17-31-20)15(16)7-10(18-33(35(22)23)39(30)37(26)27)12(14(15,6-8)13(9,2)3)19-34(36(24)25)40(32-21)38(28)29/h4,9-12,16,31-32H,5-7,20-30H2,1-3H3. The topological polar surface area (TPSA) is 47.9 Å². The molecule has 25 heteroatoms. The van der Waals surface area contributed by atoms with Gasteiger partial charge < -0.3 is 18.7 Å². The predicted octanol–water partition coefficient (Wildman–Crippen LogP) is 13.7. The molecule has 0 amide bonds. The van der Waals surface area contributed by atoms with Crippen molar-refractivity contribution in [1.82, 2.24) is 0 Å². The number of hydrogen-bond donors (Lipinski definition) is 1. The minimum Gasteiger partial charge on any atom is -0.386 e. The van der Waals surface area contributed by atoms with Crippen LogP contribution in [0.25, 0.3) is 0 Å². The molecule has 40 heavy (non-hydrogen) atoms. The maximum atomic E-state index is 13.1. The third kappa shape index (κ3) is 8.86. The molecule has 0 aromatic rings. The van der Waals surface area contributed by atoms with E-state index in [-0.39, 0.29) is 66.1 Å². The summed E-state index contributed by atoms with van der Waals surface area (Å²) < 4.78 is 21.5. The molecule has 0 heterocycles. The van der Waals surface area contributed by atoms with Crippen LogP contribution in [0.2, 0.25) is 0 Å². The molecule has 0 radical (unpaired) electrons. The summed E-state index contributed by atoms with van der Waals surface area (Å²) in [5.74, 6) is 0.230. The first-order chi connectivity index (χ1) is 18.5. The molecule has 3 aliphatic rings. The first-order valence-electron chi connectivity index (χ1n) is 11.9. The van der Waals surface area contributed by atoms with E-state index in [0.717, 1.165) is 20.8 Å². The predicted molar refractivity (Wildman–Crippen MR) is 246 cm³/mol. The molecule has 0 aromatic heterocycles. The van der Waals surface area contributed by atoms with E-state index in [4.69, 9.17) is 13.6 Å². The van der Waals surface area contributed by atoms with Crippen molar-refractivity contribution in [2.24, 2.45) is 16.7 Å². The molecule has 2 fully saturated rings. The highest BCUT2D eigenvalue weighted by Crippen LogP contribution is 3.10. The third-order valence-corrected chi connectivity index (χ3v) is 96.4. The monoisotopic (exact) mass is 940 g/mol. The fourth-order valence-corrected chi connectivity index (χ4v) is 118. The van der Waals surface area contributed by atoms with Gasteiger partial charge in [0.2, 0.25) is 0 Å². The van der Waals surface area contributed by atoms with Crippen LogP contribution >= 0.6 is 172 Å². The lowest BCUT2D eigenvalue weighted by molar-refractivity contribution is -0.139. The maximum Gasteiger partial charge on any atom is 0.103 e. The summed E-state index contributed by atoms with van der Waals surface area (Å²) in [6.07, 6.45) is 4.17. The van der Waals surface area contributed by atoms with Crippen LogP contribution in [0.1, 0.15) is 40.0 Å². The summed E-state index contributed by atoms with van der Waals surface area (Å²) >= 11 is 0. The minimum atomic E-state index is -1.01. The number of allylic oxidation sites excluding steroid dienone is 2. The molecule has 0 aliphatic heterocycles. The van der Waals surface area contributed by atoms with E-state index in [2.05, 4.69) is 125 Å². The molecular formula is C15H45O4P21. The van der Waals surface area contributed by atoms with Crippen molar-refractivity contribution < 1.29 is 18.7 Å². The van der Waals surface area contributed by atoms with E-state index in [0.29, 0.717) is 6.42 Å². The van der Waals surface area contributed by atoms with Gasteiger partial charge in [0.05, 0.1) is 33.4 Å². The van der Waals surface area contributed by atoms with E-state index in [1.54, 1.807) is 0 Å². The van der Waals surface area contributed by atoms with Crippen LogP contribution in [-0.2, 0) is 13.6 Å². The zero-order chi connectivity index (χ0) is 30.4. The highest BCUT2D eigenvalue weighted by molar-refractivity contribution is 9.10. The molecule has 2 saturated carbocycles. The van der Waals surface area contributed by atoms with Crippen LogP contribution in [0.4, 0.5) is 0 Å². The number of hydrogen-bond acceptors (Lipinski definition) is 4. The molecule has 4 nitrogen and oxygen atoms in total. The summed E-state index contributed by atoms with van der Waals surface area (Å²) in [5.41, 5.74) is -0.324. The molecule has 3 rings (SSSR count). The summed E-state index contributed by atoms with van der Waals surface area (Å²) in [5, 5.41) is 13.1. The highest BCUT2D eigenvalue weighted by atomic mass is 33.1. The molecule has 1 spiro atoms. The van der Waals surface area contributed by atoms with Crippen LogP contribution in [0.15, 0.2) is 11.6 Å². The zero-order valence-corrected chi connectivity index (χ0v) is 44.5. The Balaban J connectivity index is 2.24. The Hall–Kier alpha value is 8.61. The fraction of sp³-hybridized carbons (Fsp3) is 0.867. The van der Waals surface area contributed by atoms with Crippen molar-refractivity contribution in [2.45, 2.75) is 63.9 Å². The molecule has 23 atom stereocenters. The van der Waals surface area contributed by atoms with Crippen LogP contribution in [0.5, 0.6) is 0 Å². The Kier molecular flexibility index (Phi) is 20.0. The SMILES string of the molecule is CC1=CCC2C(OPP)C3(O)CC(OP(P(P)P)P(P)P(P)P)C(OP(P(P)P)P(PP)P(P)P)C3(C1)C2(C)C. The van der Waals surface area contributed by atoms with E-state index in [1.807, 2.05) is 0 Å². The second-order valence-electron chi connectivity index (χ2n) is 10.5. The molecule has 3 aliphatic carbocycles. The second kappa shape index (κ2) is 18.6. The molecule has 2 bridgehead atoms. The quantitative estimate of drug-likeness (QED) is 0.148. The minimum absolute atomic E-state index is 0.164. The van der Waals surface area contributed by atoms with Gasteiger partial charge in [0.1, 0.15) is 5.60 Å². The van der Waals surface area contributed by atoms with Gasteiger partial charge in [0, 0.05) is 34.3 Å². The Morgan fingerprint density at radius 3 is 1.95 bits per heavy atom. The normalized spacial score (nSPS) is 37.2. The van der Waals surface area contributed by atoms with Crippen molar-refractivity contribution in [3.63, 3.8) is 0 Å². The van der Waals surface area contributed by atoms with Crippen LogP contribution in [0, 0.1) is 16.7 Å². The number of fused-ring (bicyclic) bond motifs is 1. The average molecular weight is 940 g/mol. The zero-order valence-electron chi connectivity index (χ0n) is 22.6. The largest absolute Gasteiger partial charge is 0.386 e. The summed E-state index contributed by atoms with van der Waals surface area (Å²) in [6, 6.07) is 0. The van der Waals surface area contributed by atoms with Crippen molar-refractivity contribution in [3.05, 3.63) is 11.6 Å². The molecule has 0 saturated heterocycles. The van der Waals surface area contributed by atoms with E-state index in [1.165, 1.54) is 5.57 Å². The summed E-state index contributed by atoms with van der Waals surface area (Å²) in [7, 11) is 33.2. The van der Waals surface area contributed by atoms with Crippen molar-refractivity contribution in [2.75, 3.05) is 0 Å². The van der Waals surface area contributed by atoms with Gasteiger partial charge in [0.25, 0.3) is 0 Å². The van der Waals surface area contributed by atoms with Crippen molar-refractivity contribution in [3.8, 4) is 0 Å². The Morgan fingerprint density at radius 1 is 0.875 bits per heavy atom. The second-order valence-corrected chi connectivity index (χ2v) is 78.1. The van der Waals surface area contributed by atoms with Gasteiger partial charge in [-0.3, -0.25) is 0 Å². The summed E-state index contributed by atoms with van der Waals surface area (Å²) in [4.78, 5) is 0. The fourth-order valence-electron chi connectivity index (χ4n) is 6.66. The van der Waals surface area contributed by atoms with E-state index < -0.39 is 40.0 Å². The van der Waals surface area contributed by atoms with Gasteiger partial charge >= 0.3 is 0 Å². The first-order valence-corrected chi connectivity index (χ1v) is 47.7. The Labute approximate surface area is 280 Å². The third-order valence-electron chi connectivity index (χ3n) is 8.23. The lowest BCUT2D eigenvalue weighted by Crippen LogP contribution is -2.55. The average Bonchev–Trinajstić information content (AvgIpc) is 3.09. The van der Waals surface area contributed by atoms with Gasteiger partial charge in [0.15, 0.2) is 0 Å². The number of aliphatic hydroxyl groups is 1. The van der Waals surface area contributed by atoms with Crippen molar-refractivity contribution in [1.29, 1.82) is 0 Å². The van der Waals surface area contributed by atoms with E-state index >= 15 is 0 Å². The number of rotatable bonds is 13. The first kappa shape index (κ1) is 43.0. The maximum absolute atomic E-state index is 13.1. The van der Waals surface area contributed by atoms with Gasteiger partial charge in [-0.25, -0.2) is 0 Å². The molecule has 23 unspecified atom stereocenters. The van der Waals surface area contributed by atoms with Crippen LogP contribution in [-0.4, -0.2) is 29.0 Å².